The number of halogens is 5. The largest absolute Gasteiger partial charge is 4.00 e. The minimum Gasteiger partial charge on any atom is -1.00 e. The standard InChI is InChI=1S/5ClH.H3N.Ti/h5*1H;1H3;/q;;;;;;+4/p-4. The van der Waals surface area contributed by atoms with Crippen LogP contribution in [-0.4, -0.2) is 0 Å². The molecule has 7 heavy (non-hydrogen) atoms. The van der Waals surface area contributed by atoms with E-state index in [9.17, 15) is 0 Å². The molecule has 0 amide bonds. The van der Waals surface area contributed by atoms with Crippen molar-refractivity contribution < 1.29 is 85.2 Å². The molecule has 48 valence electrons. The first-order chi connectivity index (χ1) is 0. The second-order valence-electron chi connectivity index (χ2n) is 0. The summed E-state index contributed by atoms with van der Waals surface area (Å²) in [5, 5.41) is 0. The Balaban J connectivity index is 0. The van der Waals surface area contributed by atoms with Gasteiger partial charge in [-0.3, -0.25) is 0 Å². The molecule has 0 radical (unpaired) electrons. The van der Waals surface area contributed by atoms with Crippen molar-refractivity contribution in [2.45, 2.75) is 0 Å². The first-order valence-electron chi connectivity index (χ1n) is 0. The van der Waals surface area contributed by atoms with E-state index in [1.807, 2.05) is 0 Å². The van der Waals surface area contributed by atoms with E-state index in [2.05, 4.69) is 0 Å². The molecule has 0 aliphatic heterocycles. The van der Waals surface area contributed by atoms with Crippen molar-refractivity contribution in [1.82, 2.24) is 6.15 Å². The van der Waals surface area contributed by atoms with Crippen LogP contribution in [0.1, 0.15) is 1.43 Å². The zero-order valence-electron chi connectivity index (χ0n) is 4.10. The van der Waals surface area contributed by atoms with Crippen molar-refractivity contribution in [2.24, 2.45) is 0 Å². The summed E-state index contributed by atoms with van der Waals surface area (Å²) in [6.07, 6.45) is 0. The normalized spacial score (nSPS) is 0. The van der Waals surface area contributed by atoms with Crippen LogP contribution in [0.5, 0.6) is 0 Å². The molecule has 0 aliphatic carbocycles. The summed E-state index contributed by atoms with van der Waals surface area (Å²) >= 11 is 0. The molecule has 3 N–H and O–H groups in total. The Labute approximate surface area is 90.8 Å². The Hall–Kier alpha value is 2.12. The van der Waals surface area contributed by atoms with Gasteiger partial charge in [0, 0.05) is 0 Å². The molecule has 0 aromatic carbocycles. The molecule has 0 unspecified atom stereocenters. The van der Waals surface area contributed by atoms with Crippen molar-refractivity contribution in [3.8, 4) is 0 Å². The molecule has 0 saturated carbocycles. The van der Waals surface area contributed by atoms with E-state index in [1.165, 1.54) is 0 Å². The van der Waals surface area contributed by atoms with Crippen LogP contribution in [0.25, 0.3) is 0 Å². The molecule has 0 aliphatic rings. The first-order valence-corrected chi connectivity index (χ1v) is 0. The Kier molecular flexibility index (Phi) is 1740. The van der Waals surface area contributed by atoms with E-state index in [-0.39, 0.29) is 91.3 Å². The molecular weight excluding hydrogens is 239 g/mol. The van der Waals surface area contributed by atoms with Crippen LogP contribution in [0, 0.1) is 0 Å². The van der Waals surface area contributed by atoms with Gasteiger partial charge >= 0.3 is 23.1 Å². The van der Waals surface area contributed by atoms with Crippen LogP contribution in [0.3, 0.4) is 0 Å². The maximum atomic E-state index is 0. The van der Waals surface area contributed by atoms with Gasteiger partial charge in [-0.25, -0.2) is 0 Å². The van der Waals surface area contributed by atoms with Gasteiger partial charge in [0.2, 0.25) is 0 Å². The number of rotatable bonds is 0. The monoisotopic (exact) mass is 241 g/mol. The van der Waals surface area contributed by atoms with E-state index in [4.69, 9.17) is 0 Å². The maximum Gasteiger partial charge on any atom is 4.00 e. The Morgan fingerprint density at radius 2 is 0.571 bits per heavy atom. The summed E-state index contributed by atoms with van der Waals surface area (Å²) in [6.45, 7) is 0. The Morgan fingerprint density at radius 1 is 0.571 bits per heavy atom. The summed E-state index contributed by atoms with van der Waals surface area (Å²) in [4.78, 5) is 0. The fraction of sp³-hybridized carbons (Fsp3) is 0. The quantitative estimate of drug-likeness (QED) is 0.421. The average Bonchev–Trinajstić information content (AvgIpc) is 0. The van der Waals surface area contributed by atoms with E-state index in [0.717, 1.165) is 0 Å². The van der Waals surface area contributed by atoms with Crippen molar-refractivity contribution in [3.05, 3.63) is 0 Å². The molecule has 7 heteroatoms. The summed E-state index contributed by atoms with van der Waals surface area (Å²) < 4.78 is 0. The topological polar surface area (TPSA) is 35.0 Å². The van der Waals surface area contributed by atoms with Gasteiger partial charge in [0.1, 0.15) is 0 Å². The number of hydrogen-bond acceptors (Lipinski definition) is 1. The van der Waals surface area contributed by atoms with Gasteiger partial charge in [-0.2, -0.15) is 0 Å². The zero-order chi connectivity index (χ0) is 0. The fourth-order valence-electron chi connectivity index (χ4n) is 0. The third-order valence-electron chi connectivity index (χ3n) is 0. The molecule has 0 bridgehead atoms. The smallest absolute Gasteiger partial charge is 1.00 e. The molecule has 0 heterocycles. The third kappa shape index (κ3) is 67.5. The van der Waals surface area contributed by atoms with Crippen molar-refractivity contribution in [2.75, 3.05) is 0 Å². The molecule has 0 aromatic rings. The minimum absolute atomic E-state index is 0. The zero-order valence-corrected chi connectivity index (χ0v) is 8.44. The Bertz CT molecular complexity index is 12.4. The molecule has 0 rings (SSSR count). The van der Waals surface area contributed by atoms with Crippen molar-refractivity contribution >= 4 is 0 Å². The maximum absolute atomic E-state index is 0. The summed E-state index contributed by atoms with van der Waals surface area (Å²) in [7, 11) is 0. The van der Waals surface area contributed by atoms with E-state index >= 15 is 0 Å². The van der Waals surface area contributed by atoms with Crippen LogP contribution in [0.4, 0.5) is 0 Å². The molecule has 0 spiro atoms. The van der Waals surface area contributed by atoms with Gasteiger partial charge < -0.3 is 68.2 Å². The predicted octanol–water partition coefficient (Wildman–Crippen LogP) is -14.7. The fourth-order valence-corrected chi connectivity index (χ4v) is 0. The van der Waals surface area contributed by atoms with Crippen molar-refractivity contribution in [1.29, 1.82) is 0 Å². The second-order valence-corrected chi connectivity index (χ2v) is 0. The van der Waals surface area contributed by atoms with Gasteiger partial charge in [0.05, 0.1) is 0 Å². The van der Waals surface area contributed by atoms with E-state index in [0.29, 0.717) is 0 Å². The molecule has 0 saturated heterocycles. The van der Waals surface area contributed by atoms with Gasteiger partial charge in [0.15, 0.2) is 0 Å². The molecular formula is H4Cl5NTi. The van der Waals surface area contributed by atoms with Crippen LogP contribution < -0.4 is 68.2 Å². The van der Waals surface area contributed by atoms with Crippen LogP contribution in [0.15, 0.2) is 0 Å². The van der Waals surface area contributed by atoms with Crippen molar-refractivity contribution in [3.63, 3.8) is 0 Å². The molecule has 0 aromatic heterocycles. The molecule has 0 fully saturated rings. The first kappa shape index (κ1) is 133. The van der Waals surface area contributed by atoms with Gasteiger partial charge in [-0.1, -0.05) is 0 Å². The SMILES string of the molecule is N.[Cl-].[Cl-].[Cl-].[Cl-].[Cl-].[H+].[Ti+4]. The molecule has 1 nitrogen and oxygen atoms in total. The van der Waals surface area contributed by atoms with Crippen LogP contribution >= 0.6 is 0 Å². The van der Waals surface area contributed by atoms with Gasteiger partial charge in [-0.15, -0.1) is 0 Å². The minimum atomic E-state index is 0. The number of hydrogen-bond donors (Lipinski definition) is 1. The van der Waals surface area contributed by atoms with E-state index < -0.39 is 0 Å². The summed E-state index contributed by atoms with van der Waals surface area (Å²) in [5.74, 6) is 0. The van der Waals surface area contributed by atoms with Gasteiger partial charge in [-0.05, 0) is 0 Å². The third-order valence-corrected chi connectivity index (χ3v) is 0. The van der Waals surface area contributed by atoms with Crippen LogP contribution in [0.2, 0.25) is 0 Å². The van der Waals surface area contributed by atoms with E-state index in [1.54, 1.807) is 0 Å². The predicted molar refractivity (Wildman–Crippen MR) is 6.13 cm³/mol. The Morgan fingerprint density at radius 3 is 0.571 bits per heavy atom. The summed E-state index contributed by atoms with van der Waals surface area (Å²) in [6, 6.07) is 0. The molecule has 0 atom stereocenters. The van der Waals surface area contributed by atoms with Gasteiger partial charge in [0.25, 0.3) is 0 Å². The van der Waals surface area contributed by atoms with Crippen LogP contribution in [-0.2, 0) is 21.7 Å². The average molecular weight is 243 g/mol. The summed E-state index contributed by atoms with van der Waals surface area (Å²) in [5.41, 5.74) is 0. The second kappa shape index (κ2) is 91.4.